The van der Waals surface area contributed by atoms with Crippen molar-refractivity contribution in [1.29, 1.82) is 0 Å². The summed E-state index contributed by atoms with van der Waals surface area (Å²) in [5.41, 5.74) is 3.22. The molecule has 1 fully saturated rings. The Morgan fingerprint density at radius 3 is 3.00 bits per heavy atom. The third-order valence-electron chi connectivity index (χ3n) is 4.44. The summed E-state index contributed by atoms with van der Waals surface area (Å²) < 4.78 is 0. The molecule has 1 aromatic carbocycles. The summed E-state index contributed by atoms with van der Waals surface area (Å²) in [4.78, 5) is 19.0. The van der Waals surface area contributed by atoms with Gasteiger partial charge in [-0.3, -0.25) is 14.7 Å². The van der Waals surface area contributed by atoms with Gasteiger partial charge in [0.2, 0.25) is 5.91 Å². The molecule has 1 amide bonds. The maximum Gasteiger partial charge on any atom is 0.238 e. The molecule has 3 rings (SSSR count). The molecule has 0 saturated carbocycles. The van der Waals surface area contributed by atoms with Crippen molar-refractivity contribution in [2.75, 3.05) is 31.5 Å². The van der Waals surface area contributed by atoms with Gasteiger partial charge in [-0.25, -0.2) is 0 Å². The lowest BCUT2D eigenvalue weighted by molar-refractivity contribution is -0.118. The van der Waals surface area contributed by atoms with Crippen LogP contribution in [-0.2, 0) is 11.2 Å². The number of nitrogens with zero attached hydrogens (tertiary/aromatic N) is 2. The first-order valence-electron chi connectivity index (χ1n) is 8.50. The van der Waals surface area contributed by atoms with Crippen molar-refractivity contribution in [3.8, 4) is 0 Å². The number of amides is 1. The number of aryl methyl sites for hydroxylation is 1. The number of nitrogens with one attached hydrogen (secondary N) is 2. The highest BCUT2D eigenvalue weighted by Gasteiger charge is 2.25. The van der Waals surface area contributed by atoms with Crippen LogP contribution in [0.5, 0.6) is 0 Å². The van der Waals surface area contributed by atoms with E-state index in [9.17, 15) is 4.79 Å². The van der Waals surface area contributed by atoms with Gasteiger partial charge in [-0.1, -0.05) is 31.2 Å². The number of para-hydroxylation sites is 1. The van der Waals surface area contributed by atoms with Gasteiger partial charge >= 0.3 is 0 Å². The fraction of sp³-hybridized carbons (Fsp3) is 0.368. The zero-order valence-electron chi connectivity index (χ0n) is 14.0. The third kappa shape index (κ3) is 3.99. The first kappa shape index (κ1) is 16.6. The van der Waals surface area contributed by atoms with Crippen LogP contribution in [0.2, 0.25) is 0 Å². The average Bonchev–Trinajstić information content (AvgIpc) is 2.63. The van der Waals surface area contributed by atoms with Gasteiger partial charge in [0.25, 0.3) is 0 Å². The Labute approximate surface area is 143 Å². The summed E-state index contributed by atoms with van der Waals surface area (Å²) >= 11 is 0. The summed E-state index contributed by atoms with van der Waals surface area (Å²) in [6.07, 6.45) is 4.57. The lowest BCUT2D eigenvalue weighted by Crippen LogP contribution is -2.48. The van der Waals surface area contributed by atoms with Crippen LogP contribution in [0.15, 0.2) is 48.8 Å². The molecule has 5 nitrogen and oxygen atoms in total. The van der Waals surface area contributed by atoms with Gasteiger partial charge in [-0.05, 0) is 29.7 Å². The van der Waals surface area contributed by atoms with Crippen LogP contribution >= 0.6 is 0 Å². The number of aromatic nitrogens is 1. The second-order valence-electron chi connectivity index (χ2n) is 6.04. The number of carbonyl (C=O) groups is 1. The predicted molar refractivity (Wildman–Crippen MR) is 95.9 cm³/mol. The van der Waals surface area contributed by atoms with Gasteiger partial charge in [0.15, 0.2) is 0 Å². The lowest BCUT2D eigenvalue weighted by Gasteiger charge is -2.35. The van der Waals surface area contributed by atoms with Gasteiger partial charge in [0, 0.05) is 43.8 Å². The number of hydrogen-bond acceptors (Lipinski definition) is 4. The SMILES string of the molecule is CCc1ccccc1NC(=O)CN1CCNCC1c1cccnc1. The molecule has 2 aromatic rings. The summed E-state index contributed by atoms with van der Waals surface area (Å²) in [6, 6.07) is 12.2. The normalized spacial score (nSPS) is 18.3. The summed E-state index contributed by atoms with van der Waals surface area (Å²) in [5.74, 6) is 0.0340. The van der Waals surface area contributed by atoms with Gasteiger partial charge in [0.1, 0.15) is 0 Å². The Bertz CT molecular complexity index is 674. The van der Waals surface area contributed by atoms with Crippen LogP contribution in [0.25, 0.3) is 0 Å². The highest BCUT2D eigenvalue weighted by atomic mass is 16.2. The molecule has 2 heterocycles. The van der Waals surface area contributed by atoms with Crippen LogP contribution < -0.4 is 10.6 Å². The van der Waals surface area contributed by atoms with Crippen molar-refractivity contribution in [2.45, 2.75) is 19.4 Å². The van der Waals surface area contributed by atoms with E-state index in [4.69, 9.17) is 0 Å². The minimum Gasteiger partial charge on any atom is -0.325 e. The Morgan fingerprint density at radius 1 is 1.33 bits per heavy atom. The predicted octanol–water partition coefficient (Wildman–Crippen LogP) is 2.23. The van der Waals surface area contributed by atoms with Gasteiger partial charge in [-0.2, -0.15) is 0 Å². The second-order valence-corrected chi connectivity index (χ2v) is 6.04. The van der Waals surface area contributed by atoms with E-state index >= 15 is 0 Å². The van der Waals surface area contributed by atoms with Crippen molar-refractivity contribution in [2.24, 2.45) is 0 Å². The molecular weight excluding hydrogens is 300 g/mol. The zero-order chi connectivity index (χ0) is 16.8. The largest absolute Gasteiger partial charge is 0.325 e. The zero-order valence-corrected chi connectivity index (χ0v) is 14.0. The number of hydrogen-bond donors (Lipinski definition) is 2. The summed E-state index contributed by atoms with van der Waals surface area (Å²) in [6.45, 7) is 5.07. The molecule has 1 atom stereocenters. The van der Waals surface area contributed by atoms with E-state index in [-0.39, 0.29) is 11.9 Å². The fourth-order valence-corrected chi connectivity index (χ4v) is 3.16. The van der Waals surface area contributed by atoms with Crippen LogP contribution in [0, 0.1) is 0 Å². The summed E-state index contributed by atoms with van der Waals surface area (Å²) in [7, 11) is 0. The van der Waals surface area contributed by atoms with Gasteiger partial charge in [0.05, 0.1) is 6.54 Å². The summed E-state index contributed by atoms with van der Waals surface area (Å²) in [5, 5.41) is 6.47. The van der Waals surface area contributed by atoms with Crippen LogP contribution in [0.1, 0.15) is 24.1 Å². The lowest BCUT2D eigenvalue weighted by atomic mass is 10.1. The molecule has 1 aliphatic heterocycles. The van der Waals surface area contributed by atoms with Crippen LogP contribution in [0.3, 0.4) is 0 Å². The van der Waals surface area contributed by atoms with E-state index < -0.39 is 0 Å². The Hall–Kier alpha value is -2.24. The van der Waals surface area contributed by atoms with Crippen molar-refractivity contribution < 1.29 is 4.79 Å². The average molecular weight is 324 g/mol. The number of anilines is 1. The maximum absolute atomic E-state index is 12.5. The fourth-order valence-electron chi connectivity index (χ4n) is 3.16. The molecule has 1 unspecified atom stereocenters. The first-order chi connectivity index (χ1) is 11.8. The number of rotatable bonds is 5. The quantitative estimate of drug-likeness (QED) is 0.885. The molecule has 126 valence electrons. The second kappa shape index (κ2) is 8.04. The van der Waals surface area contributed by atoms with E-state index in [1.54, 1.807) is 6.20 Å². The first-order valence-corrected chi connectivity index (χ1v) is 8.50. The molecule has 24 heavy (non-hydrogen) atoms. The minimum absolute atomic E-state index is 0.0340. The molecule has 0 radical (unpaired) electrons. The van der Waals surface area contributed by atoms with E-state index in [0.717, 1.165) is 42.9 Å². The van der Waals surface area contributed by atoms with E-state index in [2.05, 4.69) is 39.6 Å². The molecule has 0 aliphatic carbocycles. The van der Waals surface area contributed by atoms with Crippen molar-refractivity contribution in [3.05, 3.63) is 59.9 Å². The standard InChI is InChI=1S/C19H24N4O/c1-2-15-6-3-4-8-17(15)22-19(24)14-23-11-10-21-13-18(23)16-7-5-9-20-12-16/h3-9,12,18,21H,2,10-11,13-14H2,1H3,(H,22,24). The van der Waals surface area contributed by atoms with E-state index in [1.165, 1.54) is 0 Å². The minimum atomic E-state index is 0.0340. The Balaban J connectivity index is 1.68. The van der Waals surface area contributed by atoms with Crippen molar-refractivity contribution >= 4 is 11.6 Å². The van der Waals surface area contributed by atoms with Crippen LogP contribution in [-0.4, -0.2) is 42.0 Å². The highest BCUT2D eigenvalue weighted by Crippen LogP contribution is 2.21. The van der Waals surface area contributed by atoms with Gasteiger partial charge < -0.3 is 10.6 Å². The molecular formula is C19H24N4O. The molecule has 1 aliphatic rings. The van der Waals surface area contributed by atoms with E-state index in [0.29, 0.717) is 6.54 Å². The van der Waals surface area contributed by atoms with Crippen molar-refractivity contribution in [1.82, 2.24) is 15.2 Å². The Kier molecular flexibility index (Phi) is 5.56. The molecule has 0 bridgehead atoms. The molecule has 2 N–H and O–H groups in total. The molecule has 5 heteroatoms. The number of piperazine rings is 1. The topological polar surface area (TPSA) is 57.3 Å². The molecule has 0 spiro atoms. The van der Waals surface area contributed by atoms with Crippen LogP contribution in [0.4, 0.5) is 5.69 Å². The van der Waals surface area contributed by atoms with Crippen molar-refractivity contribution in [3.63, 3.8) is 0 Å². The monoisotopic (exact) mass is 324 g/mol. The molecule has 1 saturated heterocycles. The smallest absolute Gasteiger partial charge is 0.238 e. The van der Waals surface area contributed by atoms with E-state index in [1.807, 2.05) is 30.5 Å². The number of pyridine rings is 1. The third-order valence-corrected chi connectivity index (χ3v) is 4.44. The highest BCUT2D eigenvalue weighted by molar-refractivity contribution is 5.93. The van der Waals surface area contributed by atoms with Gasteiger partial charge in [-0.15, -0.1) is 0 Å². The number of benzene rings is 1. The molecule has 1 aromatic heterocycles. The maximum atomic E-state index is 12.5. The Morgan fingerprint density at radius 2 is 2.21 bits per heavy atom. The number of carbonyl (C=O) groups excluding carboxylic acids is 1.